The minimum Gasteiger partial charge on any atom is -0.391 e. The van der Waals surface area contributed by atoms with E-state index in [1.54, 1.807) is 30.0 Å². The van der Waals surface area contributed by atoms with Gasteiger partial charge < -0.3 is 10.4 Å². The predicted molar refractivity (Wildman–Crippen MR) is 108 cm³/mol. The van der Waals surface area contributed by atoms with Crippen LogP contribution in [-0.2, 0) is 16.8 Å². The van der Waals surface area contributed by atoms with Crippen LogP contribution < -0.4 is 9.88 Å². The van der Waals surface area contributed by atoms with E-state index in [1.807, 2.05) is 0 Å². The van der Waals surface area contributed by atoms with Gasteiger partial charge in [0.1, 0.15) is 12.2 Å². The molecule has 0 amide bonds. The number of aliphatic hydroxyl groups is 1. The summed E-state index contributed by atoms with van der Waals surface area (Å²) in [6.45, 7) is 2.58. The van der Waals surface area contributed by atoms with Gasteiger partial charge in [-0.3, -0.25) is 9.78 Å². The Bertz CT molecular complexity index is 1040. The van der Waals surface area contributed by atoms with Gasteiger partial charge >= 0.3 is 11.8 Å². The number of nitrogens with zero attached hydrogens (tertiary/aromatic N) is 2. The minimum atomic E-state index is -4.42. The first-order valence-electron chi connectivity index (χ1n) is 10.4. The van der Waals surface area contributed by atoms with E-state index in [-0.39, 0.29) is 24.8 Å². The lowest BCUT2D eigenvalue weighted by Crippen LogP contribution is -2.47. The molecule has 6 nitrogen and oxygen atoms in total. The molecule has 0 radical (unpaired) electrons. The van der Waals surface area contributed by atoms with Crippen LogP contribution in [0.3, 0.4) is 0 Å². The SMILES string of the molecule is CC1(c2ccc3[nH]c[n+](CC(=O)C[C@H]4NCCC[C@@H]4O)c3n2)C=C(C(F)(F)F)C=CC1. The van der Waals surface area contributed by atoms with E-state index in [0.717, 1.165) is 19.0 Å². The lowest BCUT2D eigenvalue weighted by atomic mass is 9.78. The smallest absolute Gasteiger partial charge is 0.391 e. The van der Waals surface area contributed by atoms with E-state index in [9.17, 15) is 23.1 Å². The average molecular weight is 435 g/mol. The number of hydrogen-bond donors (Lipinski definition) is 3. The molecule has 1 saturated heterocycles. The number of nitrogens with one attached hydrogen (secondary N) is 2. The molecule has 1 unspecified atom stereocenters. The molecular formula is C22H26F3N4O2+. The number of aromatic nitrogens is 3. The molecule has 1 aliphatic heterocycles. The second kappa shape index (κ2) is 8.20. The molecule has 9 heteroatoms. The van der Waals surface area contributed by atoms with Gasteiger partial charge in [0, 0.05) is 17.9 Å². The third kappa shape index (κ3) is 4.57. The Morgan fingerprint density at radius 1 is 1.39 bits per heavy atom. The number of piperidine rings is 1. The van der Waals surface area contributed by atoms with Gasteiger partial charge in [-0.05, 0) is 44.9 Å². The molecule has 1 fully saturated rings. The van der Waals surface area contributed by atoms with Crippen LogP contribution >= 0.6 is 0 Å². The number of imidazole rings is 1. The summed E-state index contributed by atoms with van der Waals surface area (Å²) in [7, 11) is 0. The fourth-order valence-electron chi connectivity index (χ4n) is 4.31. The van der Waals surface area contributed by atoms with E-state index in [2.05, 4.69) is 15.3 Å². The highest BCUT2D eigenvalue weighted by Crippen LogP contribution is 2.38. The van der Waals surface area contributed by atoms with Gasteiger partial charge in [-0.1, -0.05) is 18.2 Å². The van der Waals surface area contributed by atoms with E-state index in [4.69, 9.17) is 0 Å². The van der Waals surface area contributed by atoms with Crippen LogP contribution in [0.2, 0.25) is 0 Å². The fourth-order valence-corrected chi connectivity index (χ4v) is 4.31. The second-order valence-corrected chi connectivity index (χ2v) is 8.60. The highest BCUT2D eigenvalue weighted by molar-refractivity contribution is 5.78. The van der Waals surface area contributed by atoms with Gasteiger partial charge in [-0.15, -0.1) is 4.98 Å². The van der Waals surface area contributed by atoms with Gasteiger partial charge in [0.25, 0.3) is 0 Å². The van der Waals surface area contributed by atoms with Crippen molar-refractivity contribution in [2.75, 3.05) is 6.54 Å². The molecule has 4 rings (SSSR count). The Hall–Kier alpha value is -2.52. The van der Waals surface area contributed by atoms with Crippen molar-refractivity contribution in [2.45, 2.75) is 62.9 Å². The molecule has 2 aliphatic rings. The van der Waals surface area contributed by atoms with Crippen molar-refractivity contribution < 1.29 is 27.6 Å². The van der Waals surface area contributed by atoms with Crippen molar-refractivity contribution in [2.24, 2.45) is 0 Å². The largest absolute Gasteiger partial charge is 0.416 e. The Labute approximate surface area is 177 Å². The summed E-state index contributed by atoms with van der Waals surface area (Å²) in [6.07, 6.45) is 2.70. The van der Waals surface area contributed by atoms with E-state index in [1.165, 1.54) is 12.2 Å². The van der Waals surface area contributed by atoms with Crippen LogP contribution in [0.15, 0.2) is 42.3 Å². The van der Waals surface area contributed by atoms with Crippen molar-refractivity contribution in [1.82, 2.24) is 15.3 Å². The summed E-state index contributed by atoms with van der Waals surface area (Å²) in [5.41, 5.74) is 0.140. The Balaban J connectivity index is 1.57. The zero-order valence-corrected chi connectivity index (χ0v) is 17.2. The number of allylic oxidation sites excluding steroid dienone is 4. The number of alkyl halides is 3. The quantitative estimate of drug-likeness (QED) is 0.631. The summed E-state index contributed by atoms with van der Waals surface area (Å²) in [5, 5.41) is 13.3. The number of ketones is 1. The summed E-state index contributed by atoms with van der Waals surface area (Å²) in [6, 6.07) is 3.24. The van der Waals surface area contributed by atoms with E-state index >= 15 is 0 Å². The van der Waals surface area contributed by atoms with Crippen LogP contribution in [0.4, 0.5) is 13.2 Å². The minimum absolute atomic E-state index is 0.0531. The fraction of sp³-hybridized carbons (Fsp3) is 0.500. The molecular weight excluding hydrogens is 409 g/mol. The Morgan fingerprint density at radius 3 is 2.94 bits per heavy atom. The van der Waals surface area contributed by atoms with Crippen LogP contribution in [0.5, 0.6) is 0 Å². The number of Topliss-reactive ketones (excluding diaryl/α,β-unsaturated/α-hetero) is 1. The number of aromatic amines is 1. The molecule has 2 aromatic heterocycles. The lowest BCUT2D eigenvalue weighted by molar-refractivity contribution is -0.660. The number of halogens is 3. The number of aliphatic hydroxyl groups excluding tert-OH is 1. The zero-order chi connectivity index (χ0) is 22.2. The molecule has 0 bridgehead atoms. The van der Waals surface area contributed by atoms with Crippen LogP contribution in [0.1, 0.15) is 38.3 Å². The first kappa shape index (κ1) is 21.7. The molecule has 3 N–H and O–H groups in total. The topological polar surface area (TPSA) is 81.9 Å². The van der Waals surface area contributed by atoms with E-state index in [0.29, 0.717) is 29.7 Å². The normalized spacial score (nSPS) is 26.8. The standard InChI is InChI=1S/C22H25F3N4O2/c1-21(8-2-4-14(11-21)22(23,24)25)19-7-6-16-20(28-19)29(13-27-16)12-15(30)10-17-18(31)5-3-9-26-17/h2,4,6-7,11,13,17-18,26,31H,3,5,8-10,12H2,1H3/p+1/t17-,18+,21?/m1/s1. The first-order valence-corrected chi connectivity index (χ1v) is 10.4. The first-order chi connectivity index (χ1) is 14.7. The maximum atomic E-state index is 13.2. The summed E-state index contributed by atoms with van der Waals surface area (Å²) in [5.74, 6) is -0.0531. The average Bonchev–Trinajstić information content (AvgIpc) is 3.11. The molecule has 31 heavy (non-hydrogen) atoms. The third-order valence-electron chi connectivity index (χ3n) is 6.09. The summed E-state index contributed by atoms with van der Waals surface area (Å²) >= 11 is 0. The molecule has 0 saturated carbocycles. The number of pyridine rings is 1. The van der Waals surface area contributed by atoms with Crippen molar-refractivity contribution in [3.8, 4) is 0 Å². The lowest BCUT2D eigenvalue weighted by Gasteiger charge is -2.28. The number of H-pyrrole nitrogens is 1. The van der Waals surface area contributed by atoms with Crippen LogP contribution in [0, 0.1) is 0 Å². The van der Waals surface area contributed by atoms with Crippen LogP contribution in [-0.4, -0.2) is 45.7 Å². The molecule has 1 aliphatic carbocycles. The van der Waals surface area contributed by atoms with E-state index < -0.39 is 23.3 Å². The molecule has 3 atom stereocenters. The summed E-state index contributed by atoms with van der Waals surface area (Å²) < 4.78 is 41.3. The highest BCUT2D eigenvalue weighted by atomic mass is 19.4. The van der Waals surface area contributed by atoms with Crippen molar-refractivity contribution in [1.29, 1.82) is 0 Å². The molecule has 0 aromatic carbocycles. The molecule has 2 aromatic rings. The predicted octanol–water partition coefficient (Wildman–Crippen LogP) is 2.63. The number of rotatable bonds is 5. The summed E-state index contributed by atoms with van der Waals surface area (Å²) in [4.78, 5) is 20.3. The molecule has 166 valence electrons. The van der Waals surface area contributed by atoms with Crippen molar-refractivity contribution >= 4 is 16.9 Å². The maximum absolute atomic E-state index is 13.2. The third-order valence-corrected chi connectivity index (χ3v) is 6.09. The van der Waals surface area contributed by atoms with Crippen molar-refractivity contribution in [3.05, 3.63) is 48.0 Å². The molecule has 0 spiro atoms. The van der Waals surface area contributed by atoms with Gasteiger partial charge in [-0.2, -0.15) is 13.2 Å². The maximum Gasteiger partial charge on any atom is 0.416 e. The van der Waals surface area contributed by atoms with Gasteiger partial charge in [0.2, 0.25) is 0 Å². The Morgan fingerprint density at radius 2 is 2.19 bits per heavy atom. The Kier molecular flexibility index (Phi) is 5.74. The number of fused-ring (bicyclic) bond motifs is 1. The monoisotopic (exact) mass is 435 g/mol. The highest BCUT2D eigenvalue weighted by Gasteiger charge is 2.39. The zero-order valence-electron chi connectivity index (χ0n) is 17.2. The van der Waals surface area contributed by atoms with Crippen molar-refractivity contribution in [3.63, 3.8) is 0 Å². The number of carbonyl (C=O) groups excluding carboxylic acids is 1. The number of hydrogen-bond acceptors (Lipinski definition) is 4. The van der Waals surface area contributed by atoms with Crippen LogP contribution in [0.25, 0.3) is 11.2 Å². The van der Waals surface area contributed by atoms with Gasteiger partial charge in [-0.25, -0.2) is 4.57 Å². The second-order valence-electron chi connectivity index (χ2n) is 8.60. The number of carbonyl (C=O) groups is 1. The van der Waals surface area contributed by atoms with Gasteiger partial charge in [0.05, 0.1) is 11.7 Å². The van der Waals surface area contributed by atoms with Gasteiger partial charge in [0.15, 0.2) is 17.6 Å². The molecule has 3 heterocycles.